The van der Waals surface area contributed by atoms with Crippen molar-refractivity contribution in [2.45, 2.75) is 46.6 Å². The van der Waals surface area contributed by atoms with Gasteiger partial charge in [0.05, 0.1) is 12.2 Å². The molecule has 6 nitrogen and oxygen atoms in total. The largest absolute Gasteiger partial charge is 0.361 e. The molecule has 0 radical (unpaired) electrons. The van der Waals surface area contributed by atoms with Crippen molar-refractivity contribution in [2.75, 3.05) is 13.1 Å². The van der Waals surface area contributed by atoms with Crippen molar-refractivity contribution < 1.29 is 4.52 Å². The highest BCUT2D eigenvalue weighted by atomic mass is 127. The Morgan fingerprint density at radius 1 is 1.14 bits per heavy atom. The minimum Gasteiger partial charge on any atom is -0.361 e. The van der Waals surface area contributed by atoms with Crippen molar-refractivity contribution in [3.63, 3.8) is 0 Å². The van der Waals surface area contributed by atoms with Gasteiger partial charge in [0.15, 0.2) is 5.96 Å². The van der Waals surface area contributed by atoms with Crippen LogP contribution in [0.5, 0.6) is 0 Å². The third-order valence-corrected chi connectivity index (χ3v) is 4.62. The summed E-state index contributed by atoms with van der Waals surface area (Å²) in [6.45, 7) is 8.46. The number of halogens is 1. The molecule has 0 fully saturated rings. The molecular formula is C21H30IN5O. The van der Waals surface area contributed by atoms with Crippen molar-refractivity contribution in [3.8, 4) is 0 Å². The van der Waals surface area contributed by atoms with E-state index in [0.717, 1.165) is 55.3 Å². The van der Waals surface area contributed by atoms with Gasteiger partial charge in [-0.25, -0.2) is 4.99 Å². The second kappa shape index (κ2) is 11.1. The van der Waals surface area contributed by atoms with Gasteiger partial charge in [-0.2, -0.15) is 0 Å². The van der Waals surface area contributed by atoms with E-state index in [9.17, 15) is 0 Å². The standard InChI is InChI=1S/C21H29N5O.HI/c1-4-18-17(20(5-2)27-26-18)14-24-21(22-6-3)23-12-11-16-13-15-9-7-8-10-19(15)25-16;/h7-10,13,25H,4-6,11-12,14H2,1-3H3,(H2,22,23,24);1H. The molecule has 0 unspecified atom stereocenters. The van der Waals surface area contributed by atoms with E-state index in [1.165, 1.54) is 16.6 Å². The lowest BCUT2D eigenvalue weighted by Crippen LogP contribution is -2.38. The quantitative estimate of drug-likeness (QED) is 0.249. The zero-order valence-electron chi connectivity index (χ0n) is 16.8. The van der Waals surface area contributed by atoms with Crippen LogP contribution >= 0.6 is 24.0 Å². The lowest BCUT2D eigenvalue weighted by atomic mass is 10.1. The first kappa shape index (κ1) is 22.3. The van der Waals surface area contributed by atoms with Gasteiger partial charge in [-0.3, -0.25) is 0 Å². The zero-order chi connectivity index (χ0) is 19.1. The van der Waals surface area contributed by atoms with Crippen LogP contribution in [0.3, 0.4) is 0 Å². The second-order valence-corrected chi connectivity index (χ2v) is 6.49. The smallest absolute Gasteiger partial charge is 0.191 e. The lowest BCUT2D eigenvalue weighted by molar-refractivity contribution is 0.380. The Kier molecular flexibility index (Phi) is 8.82. The number of H-pyrrole nitrogens is 1. The molecule has 0 aliphatic heterocycles. The summed E-state index contributed by atoms with van der Waals surface area (Å²) in [6.07, 6.45) is 2.60. The number of aromatic nitrogens is 2. The van der Waals surface area contributed by atoms with Gasteiger partial charge in [0.2, 0.25) is 0 Å². The molecule has 2 heterocycles. The van der Waals surface area contributed by atoms with Crippen LogP contribution in [-0.2, 0) is 25.8 Å². The molecule has 0 bridgehead atoms. The van der Waals surface area contributed by atoms with Crippen molar-refractivity contribution in [1.29, 1.82) is 0 Å². The van der Waals surface area contributed by atoms with Gasteiger partial charge in [-0.15, -0.1) is 24.0 Å². The molecule has 0 saturated carbocycles. The van der Waals surface area contributed by atoms with E-state index in [0.29, 0.717) is 6.54 Å². The van der Waals surface area contributed by atoms with E-state index in [1.807, 2.05) is 0 Å². The molecule has 0 amide bonds. The van der Waals surface area contributed by atoms with E-state index in [4.69, 9.17) is 9.52 Å². The first-order valence-corrected chi connectivity index (χ1v) is 9.80. The summed E-state index contributed by atoms with van der Waals surface area (Å²) in [5.41, 5.74) is 4.53. The highest BCUT2D eigenvalue weighted by Crippen LogP contribution is 2.17. The third-order valence-electron chi connectivity index (χ3n) is 4.62. The van der Waals surface area contributed by atoms with Gasteiger partial charge in [0.25, 0.3) is 0 Å². The molecule has 2 aromatic heterocycles. The first-order chi connectivity index (χ1) is 13.2. The Morgan fingerprint density at radius 3 is 2.68 bits per heavy atom. The van der Waals surface area contributed by atoms with E-state index >= 15 is 0 Å². The van der Waals surface area contributed by atoms with Crippen LogP contribution < -0.4 is 10.6 Å². The first-order valence-electron chi connectivity index (χ1n) is 9.80. The molecule has 0 atom stereocenters. The van der Waals surface area contributed by atoms with Crippen LogP contribution in [0, 0.1) is 0 Å². The number of hydrogen-bond donors (Lipinski definition) is 3. The van der Waals surface area contributed by atoms with E-state index < -0.39 is 0 Å². The van der Waals surface area contributed by atoms with Crippen LogP contribution in [0.1, 0.15) is 43.5 Å². The molecule has 28 heavy (non-hydrogen) atoms. The monoisotopic (exact) mass is 495 g/mol. The van der Waals surface area contributed by atoms with Gasteiger partial charge < -0.3 is 20.1 Å². The molecule has 0 aliphatic carbocycles. The number of benzene rings is 1. The fourth-order valence-electron chi connectivity index (χ4n) is 3.20. The number of guanidine groups is 1. The number of para-hydroxylation sites is 1. The number of aromatic amines is 1. The number of rotatable bonds is 8. The Hall–Kier alpha value is -2.03. The molecule has 3 N–H and O–H groups in total. The van der Waals surface area contributed by atoms with E-state index in [2.05, 4.69) is 71.9 Å². The minimum atomic E-state index is 0. The maximum atomic E-state index is 5.43. The van der Waals surface area contributed by atoms with Crippen LogP contribution in [0.4, 0.5) is 0 Å². The molecule has 3 rings (SSSR count). The Labute approximate surface area is 183 Å². The van der Waals surface area contributed by atoms with E-state index in [-0.39, 0.29) is 24.0 Å². The van der Waals surface area contributed by atoms with E-state index in [1.54, 1.807) is 0 Å². The van der Waals surface area contributed by atoms with Gasteiger partial charge in [-0.05, 0) is 30.9 Å². The summed E-state index contributed by atoms with van der Waals surface area (Å²) in [4.78, 5) is 8.20. The fourth-order valence-corrected chi connectivity index (χ4v) is 3.20. The molecule has 0 aliphatic rings. The van der Waals surface area contributed by atoms with Crippen LogP contribution in [0.25, 0.3) is 10.9 Å². The number of nitrogens with zero attached hydrogens (tertiary/aromatic N) is 2. The number of aryl methyl sites for hydroxylation is 2. The fraction of sp³-hybridized carbons (Fsp3) is 0.429. The summed E-state index contributed by atoms with van der Waals surface area (Å²) >= 11 is 0. The summed E-state index contributed by atoms with van der Waals surface area (Å²) in [6, 6.07) is 10.6. The normalized spacial score (nSPS) is 11.5. The van der Waals surface area contributed by atoms with Crippen molar-refractivity contribution in [2.24, 2.45) is 4.99 Å². The average Bonchev–Trinajstić information content (AvgIpc) is 3.28. The number of aliphatic imine (C=N–C) groups is 1. The van der Waals surface area contributed by atoms with Crippen molar-refractivity contribution in [3.05, 3.63) is 53.0 Å². The molecule has 152 valence electrons. The third kappa shape index (κ3) is 5.50. The Balaban J connectivity index is 0.00000280. The maximum Gasteiger partial charge on any atom is 0.191 e. The van der Waals surface area contributed by atoms with Crippen LogP contribution in [-0.4, -0.2) is 29.2 Å². The molecule has 0 spiro atoms. The molecular weight excluding hydrogens is 465 g/mol. The minimum absolute atomic E-state index is 0. The van der Waals surface area contributed by atoms with Crippen molar-refractivity contribution in [1.82, 2.24) is 20.8 Å². The van der Waals surface area contributed by atoms with Gasteiger partial charge in [0.1, 0.15) is 5.76 Å². The van der Waals surface area contributed by atoms with Gasteiger partial charge in [0, 0.05) is 42.7 Å². The van der Waals surface area contributed by atoms with Crippen molar-refractivity contribution >= 4 is 40.8 Å². The molecule has 1 aromatic carbocycles. The molecule has 7 heteroatoms. The maximum absolute atomic E-state index is 5.43. The van der Waals surface area contributed by atoms with Gasteiger partial charge >= 0.3 is 0 Å². The Morgan fingerprint density at radius 2 is 1.96 bits per heavy atom. The average molecular weight is 495 g/mol. The zero-order valence-corrected chi connectivity index (χ0v) is 19.2. The van der Waals surface area contributed by atoms with Crippen LogP contribution in [0.15, 0.2) is 39.8 Å². The van der Waals surface area contributed by atoms with Crippen LogP contribution in [0.2, 0.25) is 0 Å². The highest BCUT2D eigenvalue weighted by Gasteiger charge is 2.13. The SMILES string of the molecule is CCNC(=NCc1c(CC)noc1CC)NCCc1cc2ccccc2[nH]1.I. The molecule has 3 aromatic rings. The highest BCUT2D eigenvalue weighted by molar-refractivity contribution is 14.0. The lowest BCUT2D eigenvalue weighted by Gasteiger charge is -2.11. The Bertz CT molecular complexity index is 845. The second-order valence-electron chi connectivity index (χ2n) is 6.49. The predicted octanol–water partition coefficient (Wildman–Crippen LogP) is 4.20. The van der Waals surface area contributed by atoms with Gasteiger partial charge in [-0.1, -0.05) is 37.2 Å². The number of hydrogen-bond acceptors (Lipinski definition) is 3. The topological polar surface area (TPSA) is 78.2 Å². The summed E-state index contributed by atoms with van der Waals surface area (Å²) in [5.74, 6) is 1.75. The number of nitrogens with one attached hydrogen (secondary N) is 3. The summed E-state index contributed by atoms with van der Waals surface area (Å²) in [7, 11) is 0. The summed E-state index contributed by atoms with van der Waals surface area (Å²) in [5, 5.41) is 12.1. The molecule has 0 saturated heterocycles. The predicted molar refractivity (Wildman–Crippen MR) is 125 cm³/mol. The number of fused-ring (bicyclic) bond motifs is 1. The summed E-state index contributed by atoms with van der Waals surface area (Å²) < 4.78 is 5.43.